The smallest absolute Gasteiger partial charge is 0.254 e. The summed E-state index contributed by atoms with van der Waals surface area (Å²) in [5.41, 5.74) is 0.521. The molecule has 2 bridgehead atoms. The minimum absolute atomic E-state index is 0.0805. The van der Waals surface area contributed by atoms with Gasteiger partial charge in [-0.05, 0) is 46.9 Å². The summed E-state index contributed by atoms with van der Waals surface area (Å²) < 4.78 is 0. The van der Waals surface area contributed by atoms with E-state index in [4.69, 9.17) is 0 Å². The quantitative estimate of drug-likeness (QED) is 0.510. The molecule has 5 nitrogen and oxygen atoms in total. The van der Waals surface area contributed by atoms with Crippen LogP contribution < -0.4 is 0 Å². The number of carbonyl (C=O) groups is 2. The van der Waals surface area contributed by atoms with Gasteiger partial charge in [0.2, 0.25) is 0 Å². The number of rotatable bonds is 2. The van der Waals surface area contributed by atoms with Crippen LogP contribution in [0.15, 0.2) is 53.7 Å². The number of aromatic hydroxyl groups is 1. The third kappa shape index (κ3) is 1.91. The second kappa shape index (κ2) is 5.06. The lowest BCUT2D eigenvalue weighted by atomic mass is 9.63. The van der Waals surface area contributed by atoms with Gasteiger partial charge in [0.1, 0.15) is 5.75 Å². The van der Waals surface area contributed by atoms with Gasteiger partial charge in [-0.15, -0.1) is 0 Å². The lowest BCUT2D eigenvalue weighted by Crippen LogP contribution is -2.40. The molecule has 1 aliphatic heterocycles. The first-order chi connectivity index (χ1) is 13.1. The first-order valence-corrected chi connectivity index (χ1v) is 9.46. The number of benzene rings is 2. The summed E-state index contributed by atoms with van der Waals surface area (Å²) in [4.78, 5) is 25.9. The van der Waals surface area contributed by atoms with Gasteiger partial charge in [0, 0.05) is 5.56 Å². The van der Waals surface area contributed by atoms with Crippen molar-refractivity contribution in [1.29, 1.82) is 0 Å². The summed E-state index contributed by atoms with van der Waals surface area (Å²) in [6.45, 7) is 0. The zero-order valence-corrected chi connectivity index (χ0v) is 14.5. The molecule has 7 rings (SSSR count). The van der Waals surface area contributed by atoms with Crippen molar-refractivity contribution in [2.24, 2.45) is 40.6 Å². The Morgan fingerprint density at radius 1 is 0.963 bits per heavy atom. The van der Waals surface area contributed by atoms with E-state index in [2.05, 4.69) is 17.3 Å². The predicted molar refractivity (Wildman–Crippen MR) is 99.8 cm³/mol. The van der Waals surface area contributed by atoms with E-state index >= 15 is 0 Å². The normalized spacial score (nSPS) is 35.9. The molecule has 134 valence electrons. The number of imide groups is 1. The zero-order chi connectivity index (χ0) is 18.3. The largest absolute Gasteiger partial charge is 0.507 e. The van der Waals surface area contributed by atoms with Gasteiger partial charge in [-0.1, -0.05) is 42.5 Å². The Hall–Kier alpha value is -2.95. The molecule has 0 unspecified atom stereocenters. The fraction of sp³-hybridized carbons (Fsp3) is 0.318. The molecule has 0 aromatic heterocycles. The Morgan fingerprint density at radius 2 is 1.63 bits per heavy atom. The molecule has 27 heavy (non-hydrogen) atoms. The Bertz CT molecular complexity index is 1040. The number of carbonyl (C=O) groups excluding carboxylic acids is 2. The summed E-state index contributed by atoms with van der Waals surface area (Å²) in [7, 11) is 0. The molecular weight excluding hydrogens is 340 g/mol. The Kier molecular flexibility index (Phi) is 2.84. The van der Waals surface area contributed by atoms with Crippen LogP contribution in [0.5, 0.6) is 5.75 Å². The highest BCUT2D eigenvalue weighted by Gasteiger charge is 2.67. The van der Waals surface area contributed by atoms with Crippen LogP contribution >= 0.6 is 0 Å². The predicted octanol–water partition coefficient (Wildman–Crippen LogP) is 2.93. The highest BCUT2D eigenvalue weighted by atomic mass is 16.3. The molecule has 2 aromatic rings. The van der Waals surface area contributed by atoms with Gasteiger partial charge in [0.25, 0.3) is 11.8 Å². The van der Waals surface area contributed by atoms with Crippen LogP contribution in [0.4, 0.5) is 0 Å². The summed E-state index contributed by atoms with van der Waals surface area (Å²) in [6.07, 6.45) is 6.88. The van der Waals surface area contributed by atoms with Gasteiger partial charge in [-0.2, -0.15) is 10.1 Å². The van der Waals surface area contributed by atoms with Gasteiger partial charge in [-0.25, -0.2) is 0 Å². The fourth-order valence-electron chi connectivity index (χ4n) is 5.59. The van der Waals surface area contributed by atoms with Crippen LogP contribution in [0, 0.1) is 35.5 Å². The maximum Gasteiger partial charge on any atom is 0.254 e. The van der Waals surface area contributed by atoms with E-state index in [1.807, 2.05) is 30.3 Å². The van der Waals surface area contributed by atoms with Crippen LogP contribution in [0.1, 0.15) is 12.0 Å². The molecule has 2 aromatic carbocycles. The van der Waals surface area contributed by atoms with Crippen LogP contribution in [0.2, 0.25) is 0 Å². The summed E-state index contributed by atoms with van der Waals surface area (Å²) >= 11 is 0. The topological polar surface area (TPSA) is 70.0 Å². The maximum atomic E-state index is 13.0. The molecule has 5 heteroatoms. The third-order valence-electron chi connectivity index (χ3n) is 6.89. The molecule has 6 atom stereocenters. The molecular formula is C22H18N2O3. The van der Waals surface area contributed by atoms with E-state index in [1.165, 1.54) is 6.21 Å². The zero-order valence-electron chi connectivity index (χ0n) is 14.5. The summed E-state index contributed by atoms with van der Waals surface area (Å²) in [5.74, 6) is 0.714. The number of amides is 2. The van der Waals surface area contributed by atoms with Crippen molar-refractivity contribution < 1.29 is 14.7 Å². The van der Waals surface area contributed by atoms with Crippen molar-refractivity contribution in [3.63, 3.8) is 0 Å². The Balaban J connectivity index is 1.38. The molecule has 2 amide bonds. The molecule has 2 saturated carbocycles. The minimum atomic E-state index is -0.255. The first kappa shape index (κ1) is 15.1. The molecule has 1 heterocycles. The van der Waals surface area contributed by atoms with Crippen LogP contribution in [0.25, 0.3) is 10.8 Å². The average Bonchev–Trinajstić information content (AvgIpc) is 3.47. The van der Waals surface area contributed by atoms with Gasteiger partial charge in [0.05, 0.1) is 18.1 Å². The number of phenolic OH excluding ortho intramolecular Hbond substituents is 1. The van der Waals surface area contributed by atoms with E-state index in [1.54, 1.807) is 6.07 Å². The first-order valence-electron chi connectivity index (χ1n) is 9.46. The third-order valence-corrected chi connectivity index (χ3v) is 6.89. The fourth-order valence-corrected chi connectivity index (χ4v) is 5.59. The molecule has 4 aliphatic carbocycles. The second-order valence-electron chi connectivity index (χ2n) is 8.11. The van der Waals surface area contributed by atoms with Gasteiger partial charge < -0.3 is 5.11 Å². The number of hydrogen-bond donors (Lipinski definition) is 1. The van der Waals surface area contributed by atoms with Crippen molar-refractivity contribution in [2.75, 3.05) is 0 Å². The summed E-state index contributed by atoms with van der Waals surface area (Å²) in [6, 6.07) is 11.1. The number of fused-ring (bicyclic) bond motifs is 1. The lowest BCUT2D eigenvalue weighted by Gasteiger charge is -2.37. The Morgan fingerprint density at radius 3 is 2.33 bits per heavy atom. The van der Waals surface area contributed by atoms with Crippen molar-refractivity contribution >= 4 is 28.8 Å². The van der Waals surface area contributed by atoms with E-state index in [0.717, 1.165) is 22.2 Å². The number of nitrogens with zero attached hydrogens (tertiary/aromatic N) is 2. The minimum Gasteiger partial charge on any atom is -0.507 e. The highest BCUT2D eigenvalue weighted by Crippen LogP contribution is 2.65. The number of allylic oxidation sites excluding steroid dienone is 2. The van der Waals surface area contributed by atoms with Crippen LogP contribution in [-0.2, 0) is 9.59 Å². The average molecular weight is 358 g/mol. The maximum absolute atomic E-state index is 13.0. The van der Waals surface area contributed by atoms with Crippen molar-refractivity contribution in [3.8, 4) is 5.75 Å². The van der Waals surface area contributed by atoms with E-state index in [-0.39, 0.29) is 41.2 Å². The SMILES string of the molecule is O=C1[C@@H]2[C@@H]3C=C[C@H]([C@@H]4C[C@H]34)[C@H]2C(=O)N1/N=C\c1c(O)ccc2ccccc12. The van der Waals surface area contributed by atoms with Gasteiger partial charge >= 0.3 is 0 Å². The van der Waals surface area contributed by atoms with Crippen molar-refractivity contribution in [3.05, 3.63) is 54.1 Å². The highest BCUT2D eigenvalue weighted by molar-refractivity contribution is 6.08. The second-order valence-corrected chi connectivity index (χ2v) is 8.11. The molecule has 3 fully saturated rings. The standard InChI is InChI=1S/C22H18N2O3/c25-18-8-5-11-3-1-2-4-12(11)17(18)10-23-24-21(26)19-13-6-7-14(16-9-15(13)16)20(19)22(24)27/h1-8,10,13-16,19-20,25H,9H2/b23-10-/t13-,14-,15-,16+,19-,20-/m1/s1. The molecule has 0 spiro atoms. The monoisotopic (exact) mass is 358 g/mol. The number of hydrazone groups is 1. The molecule has 5 aliphatic rings. The van der Waals surface area contributed by atoms with E-state index in [9.17, 15) is 14.7 Å². The van der Waals surface area contributed by atoms with Crippen molar-refractivity contribution in [2.45, 2.75) is 6.42 Å². The lowest BCUT2D eigenvalue weighted by molar-refractivity contribution is -0.140. The van der Waals surface area contributed by atoms with Crippen LogP contribution in [0.3, 0.4) is 0 Å². The van der Waals surface area contributed by atoms with Gasteiger partial charge in [-0.3, -0.25) is 9.59 Å². The van der Waals surface area contributed by atoms with E-state index < -0.39 is 0 Å². The van der Waals surface area contributed by atoms with E-state index in [0.29, 0.717) is 17.4 Å². The molecule has 0 radical (unpaired) electrons. The molecule has 1 N–H and O–H groups in total. The number of phenols is 1. The number of hydrogen-bond acceptors (Lipinski definition) is 4. The Labute approximate surface area is 156 Å². The van der Waals surface area contributed by atoms with Crippen LogP contribution in [-0.4, -0.2) is 28.1 Å². The van der Waals surface area contributed by atoms with Crippen molar-refractivity contribution in [1.82, 2.24) is 5.01 Å². The summed E-state index contributed by atoms with van der Waals surface area (Å²) in [5, 5.41) is 17.4. The molecule has 1 saturated heterocycles. The van der Waals surface area contributed by atoms with Gasteiger partial charge in [0.15, 0.2) is 0 Å².